The van der Waals surface area contributed by atoms with Crippen LogP contribution in [0.2, 0.25) is 0 Å². The monoisotopic (exact) mass is 378 g/mol. The van der Waals surface area contributed by atoms with E-state index in [9.17, 15) is 4.79 Å². The standard InChI is InChI=1S/C16H31ClO.C5H14NO/c1-2-3-4-5-6-7-8-9-10-11-12-13-14-15-16(17)18;1-6(2,3)4-5-7/h2-15H2,1H3;7H,4-5H2,1-3H3/q;+1. The first-order valence-electron chi connectivity index (χ1n) is 10.4. The van der Waals surface area contributed by atoms with Crippen LogP contribution in [0.1, 0.15) is 96.8 Å². The van der Waals surface area contributed by atoms with Gasteiger partial charge in [-0.15, -0.1) is 0 Å². The van der Waals surface area contributed by atoms with Crippen LogP contribution in [0.25, 0.3) is 0 Å². The molecule has 0 aliphatic heterocycles. The third-order valence-corrected chi connectivity index (χ3v) is 4.44. The van der Waals surface area contributed by atoms with Gasteiger partial charge in [0.15, 0.2) is 0 Å². The van der Waals surface area contributed by atoms with Crippen molar-refractivity contribution in [1.82, 2.24) is 0 Å². The van der Waals surface area contributed by atoms with Crippen LogP contribution in [0.5, 0.6) is 0 Å². The number of nitrogens with zero attached hydrogens (tertiary/aromatic N) is 1. The maximum absolute atomic E-state index is 10.5. The number of quaternary nitrogens is 1. The van der Waals surface area contributed by atoms with Crippen LogP contribution in [-0.4, -0.2) is 49.1 Å². The van der Waals surface area contributed by atoms with Crippen molar-refractivity contribution in [3.63, 3.8) is 0 Å². The van der Waals surface area contributed by atoms with Gasteiger partial charge in [-0.3, -0.25) is 4.79 Å². The van der Waals surface area contributed by atoms with Gasteiger partial charge in [-0.1, -0.05) is 84.0 Å². The first kappa shape index (κ1) is 27.1. The van der Waals surface area contributed by atoms with E-state index in [0.717, 1.165) is 23.9 Å². The highest BCUT2D eigenvalue weighted by Gasteiger charge is 2.02. The fraction of sp³-hybridized carbons (Fsp3) is 0.952. The predicted octanol–water partition coefficient (Wildman–Crippen LogP) is 5.92. The maximum atomic E-state index is 10.5. The quantitative estimate of drug-likeness (QED) is 0.205. The molecule has 0 amide bonds. The summed E-state index contributed by atoms with van der Waals surface area (Å²) in [6.45, 7) is 3.38. The normalized spacial score (nSPS) is 11.1. The number of likely N-dealkylation sites (N-methyl/N-ethyl adjacent to an activating group) is 1. The van der Waals surface area contributed by atoms with E-state index in [1.807, 2.05) is 0 Å². The molecule has 0 aromatic rings. The molecule has 4 heteroatoms. The Kier molecular flexibility index (Phi) is 21.9. The third-order valence-electron chi connectivity index (χ3n) is 4.25. The Morgan fingerprint density at radius 3 is 1.36 bits per heavy atom. The van der Waals surface area contributed by atoms with Crippen molar-refractivity contribution < 1.29 is 14.4 Å². The van der Waals surface area contributed by atoms with Crippen LogP contribution >= 0.6 is 11.6 Å². The van der Waals surface area contributed by atoms with Gasteiger partial charge in [0.25, 0.3) is 0 Å². The zero-order valence-corrected chi connectivity index (χ0v) is 18.3. The van der Waals surface area contributed by atoms with Crippen LogP contribution in [0.4, 0.5) is 0 Å². The number of rotatable bonds is 16. The van der Waals surface area contributed by atoms with Gasteiger partial charge < -0.3 is 9.59 Å². The Morgan fingerprint density at radius 2 is 1.12 bits per heavy atom. The van der Waals surface area contributed by atoms with E-state index in [-0.39, 0.29) is 11.8 Å². The van der Waals surface area contributed by atoms with E-state index in [1.54, 1.807) is 0 Å². The molecule has 0 heterocycles. The van der Waals surface area contributed by atoms with Gasteiger partial charge in [0.05, 0.1) is 27.7 Å². The van der Waals surface area contributed by atoms with Crippen molar-refractivity contribution >= 4 is 16.8 Å². The summed E-state index contributed by atoms with van der Waals surface area (Å²) in [5.41, 5.74) is 0. The molecule has 3 nitrogen and oxygen atoms in total. The molecule has 0 aromatic heterocycles. The predicted molar refractivity (Wildman–Crippen MR) is 111 cm³/mol. The summed E-state index contributed by atoms with van der Waals surface area (Å²) in [5.74, 6) is 0. The average Bonchev–Trinajstić information content (AvgIpc) is 2.51. The number of hydrogen-bond acceptors (Lipinski definition) is 2. The Morgan fingerprint density at radius 1 is 0.760 bits per heavy atom. The number of hydrogen-bond donors (Lipinski definition) is 1. The lowest BCUT2D eigenvalue weighted by atomic mass is 10.0. The highest BCUT2D eigenvalue weighted by molar-refractivity contribution is 6.63. The molecule has 0 spiro atoms. The number of carbonyl (C=O) groups is 1. The smallest absolute Gasteiger partial charge is 0.221 e. The summed E-state index contributed by atoms with van der Waals surface area (Å²) >= 11 is 5.28. The summed E-state index contributed by atoms with van der Waals surface area (Å²) < 4.78 is 0.844. The minimum Gasteiger partial charge on any atom is -0.391 e. The summed E-state index contributed by atoms with van der Waals surface area (Å²) in [5, 5.41) is 8.20. The van der Waals surface area contributed by atoms with Crippen molar-refractivity contribution in [2.75, 3.05) is 34.3 Å². The molecule has 0 bridgehead atoms. The second-order valence-electron chi connectivity index (χ2n) is 8.09. The fourth-order valence-electron chi connectivity index (χ4n) is 2.58. The summed E-state index contributed by atoms with van der Waals surface area (Å²) in [6.07, 6.45) is 17.9. The van der Waals surface area contributed by atoms with E-state index in [4.69, 9.17) is 16.7 Å². The zero-order valence-electron chi connectivity index (χ0n) is 17.5. The average molecular weight is 379 g/mol. The van der Waals surface area contributed by atoms with Gasteiger partial charge in [0.2, 0.25) is 5.24 Å². The molecule has 0 aromatic carbocycles. The SMILES string of the molecule is CCCCCCCCCCCCCCCC(=O)Cl.C[N+](C)(C)CCO. The molecule has 0 radical (unpaired) electrons. The van der Waals surface area contributed by atoms with Crippen LogP contribution in [0.3, 0.4) is 0 Å². The second kappa shape index (κ2) is 20.2. The van der Waals surface area contributed by atoms with E-state index >= 15 is 0 Å². The minimum absolute atomic E-state index is 0.182. The molecule has 1 N–H and O–H groups in total. The molecular formula is C21H45ClNO2+. The molecule has 0 aliphatic carbocycles. The molecule has 0 saturated heterocycles. The Balaban J connectivity index is 0. The summed E-state index contributed by atoms with van der Waals surface area (Å²) in [4.78, 5) is 10.5. The van der Waals surface area contributed by atoms with Crippen LogP contribution < -0.4 is 0 Å². The number of unbranched alkanes of at least 4 members (excludes halogenated alkanes) is 12. The Hall–Kier alpha value is -0.120. The van der Waals surface area contributed by atoms with Crippen molar-refractivity contribution in [1.29, 1.82) is 0 Å². The van der Waals surface area contributed by atoms with Crippen molar-refractivity contribution in [3.8, 4) is 0 Å². The van der Waals surface area contributed by atoms with Crippen LogP contribution in [0.15, 0.2) is 0 Å². The van der Waals surface area contributed by atoms with E-state index in [0.29, 0.717) is 6.42 Å². The fourth-order valence-corrected chi connectivity index (χ4v) is 2.72. The van der Waals surface area contributed by atoms with Gasteiger partial charge >= 0.3 is 0 Å². The first-order chi connectivity index (χ1) is 11.8. The minimum atomic E-state index is -0.182. The van der Waals surface area contributed by atoms with Gasteiger partial charge in [-0.05, 0) is 18.0 Å². The molecule has 0 saturated carbocycles. The van der Waals surface area contributed by atoms with Crippen LogP contribution in [0, 0.1) is 0 Å². The van der Waals surface area contributed by atoms with Crippen molar-refractivity contribution in [3.05, 3.63) is 0 Å². The van der Waals surface area contributed by atoms with Gasteiger partial charge in [0, 0.05) is 6.42 Å². The van der Waals surface area contributed by atoms with E-state index in [1.165, 1.54) is 70.6 Å². The largest absolute Gasteiger partial charge is 0.391 e. The van der Waals surface area contributed by atoms with Crippen molar-refractivity contribution in [2.24, 2.45) is 0 Å². The summed E-state index contributed by atoms with van der Waals surface area (Å²) in [7, 11) is 6.16. The molecule has 25 heavy (non-hydrogen) atoms. The highest BCUT2D eigenvalue weighted by atomic mass is 35.5. The van der Waals surface area contributed by atoms with Gasteiger partial charge in [-0.2, -0.15) is 0 Å². The number of carbonyl (C=O) groups excluding carboxylic acids is 1. The van der Waals surface area contributed by atoms with E-state index in [2.05, 4.69) is 28.1 Å². The molecular weight excluding hydrogens is 334 g/mol. The van der Waals surface area contributed by atoms with Gasteiger partial charge in [-0.25, -0.2) is 0 Å². The molecule has 0 aliphatic rings. The van der Waals surface area contributed by atoms with Gasteiger partial charge in [0.1, 0.15) is 6.54 Å². The first-order valence-corrected chi connectivity index (χ1v) is 10.8. The summed E-state index contributed by atoms with van der Waals surface area (Å²) in [6, 6.07) is 0. The lowest BCUT2D eigenvalue weighted by Gasteiger charge is -2.21. The molecule has 0 fully saturated rings. The lowest BCUT2D eigenvalue weighted by molar-refractivity contribution is -0.870. The van der Waals surface area contributed by atoms with E-state index < -0.39 is 0 Å². The molecule has 0 atom stereocenters. The number of aliphatic hydroxyl groups excluding tert-OH is 1. The second-order valence-corrected chi connectivity index (χ2v) is 8.51. The lowest BCUT2D eigenvalue weighted by Crippen LogP contribution is -2.36. The Labute approximate surface area is 162 Å². The molecule has 152 valence electrons. The molecule has 0 rings (SSSR count). The number of halogens is 1. The topological polar surface area (TPSA) is 37.3 Å². The van der Waals surface area contributed by atoms with Crippen LogP contribution in [-0.2, 0) is 4.79 Å². The Bertz CT molecular complexity index is 278. The maximum Gasteiger partial charge on any atom is 0.221 e. The third kappa shape index (κ3) is 32.1. The van der Waals surface area contributed by atoms with Crippen molar-refractivity contribution in [2.45, 2.75) is 96.8 Å². The highest BCUT2D eigenvalue weighted by Crippen LogP contribution is 2.13. The molecule has 0 unspecified atom stereocenters. The zero-order chi connectivity index (χ0) is 19.4. The number of aliphatic hydroxyl groups is 1.